The van der Waals surface area contributed by atoms with E-state index < -0.39 is 0 Å². The largest absolute Gasteiger partial charge is 0.151 e. The average molecular weight is 148 g/mol. The summed E-state index contributed by atoms with van der Waals surface area (Å²) >= 11 is 3.74. The van der Waals surface area contributed by atoms with E-state index in [1.807, 2.05) is 17.2 Å². The topological polar surface area (TPSA) is 0 Å². The SMILES string of the molecule is C=CSCSCCC. The second-order valence-electron chi connectivity index (χ2n) is 1.36. The highest BCUT2D eigenvalue weighted by atomic mass is 32.2. The molecule has 0 saturated heterocycles. The van der Waals surface area contributed by atoms with Crippen LogP contribution in [0.5, 0.6) is 0 Å². The van der Waals surface area contributed by atoms with Gasteiger partial charge in [0.2, 0.25) is 0 Å². The lowest BCUT2D eigenvalue weighted by atomic mass is 10.6. The van der Waals surface area contributed by atoms with Gasteiger partial charge in [-0.1, -0.05) is 13.5 Å². The third kappa shape index (κ3) is 6.44. The molecule has 0 radical (unpaired) electrons. The second kappa shape index (κ2) is 7.44. The van der Waals surface area contributed by atoms with Crippen molar-refractivity contribution in [1.82, 2.24) is 0 Å². The van der Waals surface area contributed by atoms with Crippen LogP contribution in [0.1, 0.15) is 13.3 Å². The number of hydrogen-bond donors (Lipinski definition) is 0. The minimum atomic E-state index is 1.16. The minimum absolute atomic E-state index is 1.16. The van der Waals surface area contributed by atoms with Crippen molar-refractivity contribution in [2.24, 2.45) is 0 Å². The molecule has 0 aromatic heterocycles. The maximum Gasteiger partial charge on any atom is 0.0433 e. The molecule has 0 spiro atoms. The summed E-state index contributed by atoms with van der Waals surface area (Å²) in [6, 6.07) is 0. The Morgan fingerprint density at radius 2 is 2.38 bits per heavy atom. The summed E-state index contributed by atoms with van der Waals surface area (Å²) in [5, 5.41) is 3.06. The van der Waals surface area contributed by atoms with Crippen LogP contribution in [-0.2, 0) is 0 Å². The normalized spacial score (nSPS) is 9.12. The highest BCUT2D eigenvalue weighted by Gasteiger charge is 1.81. The summed E-state index contributed by atoms with van der Waals surface area (Å²) < 4.78 is 0. The molecule has 0 rings (SSSR count). The Morgan fingerprint density at radius 1 is 1.62 bits per heavy atom. The minimum Gasteiger partial charge on any atom is -0.151 e. The Bertz CT molecular complexity index is 52.5. The van der Waals surface area contributed by atoms with E-state index in [1.54, 1.807) is 11.8 Å². The molecule has 0 aliphatic heterocycles. The first-order valence-electron chi connectivity index (χ1n) is 2.72. The molecule has 0 fully saturated rings. The van der Waals surface area contributed by atoms with Gasteiger partial charge in [-0.25, -0.2) is 0 Å². The number of hydrogen-bond acceptors (Lipinski definition) is 2. The third-order valence-electron chi connectivity index (χ3n) is 0.618. The summed E-state index contributed by atoms with van der Waals surface area (Å²) in [6.07, 6.45) is 1.28. The predicted molar refractivity (Wildman–Crippen MR) is 45.4 cm³/mol. The van der Waals surface area contributed by atoms with E-state index >= 15 is 0 Å². The van der Waals surface area contributed by atoms with Crippen molar-refractivity contribution in [2.45, 2.75) is 13.3 Å². The van der Waals surface area contributed by atoms with Gasteiger partial charge in [0.25, 0.3) is 0 Å². The Hall–Kier alpha value is 0.440. The summed E-state index contributed by atoms with van der Waals surface area (Å²) in [5.74, 6) is 1.28. The Labute approximate surface area is 60.1 Å². The smallest absolute Gasteiger partial charge is 0.0433 e. The van der Waals surface area contributed by atoms with E-state index in [0.29, 0.717) is 0 Å². The molecule has 0 bridgehead atoms. The van der Waals surface area contributed by atoms with Crippen LogP contribution >= 0.6 is 23.5 Å². The lowest BCUT2D eigenvalue weighted by molar-refractivity contribution is 1.11. The van der Waals surface area contributed by atoms with Crippen LogP contribution < -0.4 is 0 Å². The van der Waals surface area contributed by atoms with Gasteiger partial charge in [-0.2, -0.15) is 11.8 Å². The molecule has 48 valence electrons. The van der Waals surface area contributed by atoms with Crippen molar-refractivity contribution in [3.8, 4) is 0 Å². The Morgan fingerprint density at radius 3 is 2.88 bits per heavy atom. The first-order chi connectivity index (χ1) is 3.91. The van der Waals surface area contributed by atoms with Crippen molar-refractivity contribution in [2.75, 3.05) is 10.8 Å². The summed E-state index contributed by atoms with van der Waals surface area (Å²) in [5.41, 5.74) is 0. The van der Waals surface area contributed by atoms with E-state index in [4.69, 9.17) is 0 Å². The molecule has 0 nitrogen and oxygen atoms in total. The zero-order valence-electron chi connectivity index (χ0n) is 5.22. The maximum atomic E-state index is 3.61. The predicted octanol–water partition coefficient (Wildman–Crippen LogP) is 2.96. The van der Waals surface area contributed by atoms with Gasteiger partial charge in [-0.15, -0.1) is 11.8 Å². The monoisotopic (exact) mass is 148 g/mol. The zero-order chi connectivity index (χ0) is 6.24. The van der Waals surface area contributed by atoms with Crippen LogP contribution in [0.25, 0.3) is 0 Å². The third-order valence-corrected chi connectivity index (χ3v) is 2.76. The molecule has 0 heterocycles. The molecule has 0 atom stereocenters. The lowest BCUT2D eigenvalue weighted by Gasteiger charge is -1.92. The molecule has 0 amide bonds. The van der Waals surface area contributed by atoms with Gasteiger partial charge < -0.3 is 0 Å². The van der Waals surface area contributed by atoms with Crippen LogP contribution in [0.3, 0.4) is 0 Å². The highest BCUT2D eigenvalue weighted by Crippen LogP contribution is 2.12. The molecular formula is C6H12S2. The van der Waals surface area contributed by atoms with Gasteiger partial charge in [-0.3, -0.25) is 0 Å². The van der Waals surface area contributed by atoms with Gasteiger partial charge in [0, 0.05) is 5.08 Å². The summed E-state index contributed by atoms with van der Waals surface area (Å²) in [7, 11) is 0. The van der Waals surface area contributed by atoms with Crippen molar-refractivity contribution < 1.29 is 0 Å². The van der Waals surface area contributed by atoms with E-state index in [2.05, 4.69) is 13.5 Å². The molecule has 0 aliphatic rings. The highest BCUT2D eigenvalue weighted by molar-refractivity contribution is 8.17. The molecule has 0 unspecified atom stereocenters. The zero-order valence-corrected chi connectivity index (χ0v) is 6.86. The molecule has 0 saturated carbocycles. The molecule has 2 heteroatoms. The van der Waals surface area contributed by atoms with Gasteiger partial charge in [0.1, 0.15) is 0 Å². The Kier molecular flexibility index (Phi) is 7.85. The van der Waals surface area contributed by atoms with Crippen LogP contribution in [0.15, 0.2) is 12.0 Å². The van der Waals surface area contributed by atoms with Crippen LogP contribution in [-0.4, -0.2) is 10.8 Å². The van der Waals surface area contributed by atoms with Gasteiger partial charge >= 0.3 is 0 Å². The standard InChI is InChI=1S/C6H12S2/c1-3-5-8-6-7-4-2/h4H,2-3,5-6H2,1H3. The van der Waals surface area contributed by atoms with Crippen LogP contribution in [0, 0.1) is 0 Å². The first-order valence-corrected chi connectivity index (χ1v) is 4.92. The fraction of sp³-hybridized carbons (Fsp3) is 0.667. The van der Waals surface area contributed by atoms with Crippen molar-refractivity contribution in [1.29, 1.82) is 0 Å². The average Bonchev–Trinajstić information content (AvgIpc) is 1.81. The van der Waals surface area contributed by atoms with E-state index in [0.717, 1.165) is 5.08 Å². The van der Waals surface area contributed by atoms with Crippen molar-refractivity contribution >= 4 is 23.5 Å². The summed E-state index contributed by atoms with van der Waals surface area (Å²) in [4.78, 5) is 0. The lowest BCUT2D eigenvalue weighted by Crippen LogP contribution is -1.72. The van der Waals surface area contributed by atoms with E-state index in [9.17, 15) is 0 Å². The molecule has 0 N–H and O–H groups in total. The maximum absolute atomic E-state index is 3.61. The number of rotatable bonds is 5. The molecule has 0 aromatic rings. The second-order valence-corrected chi connectivity index (χ2v) is 3.79. The fourth-order valence-electron chi connectivity index (χ4n) is 0.299. The molecule has 0 aromatic carbocycles. The van der Waals surface area contributed by atoms with E-state index in [-0.39, 0.29) is 0 Å². The van der Waals surface area contributed by atoms with Gasteiger partial charge in [-0.05, 0) is 17.6 Å². The van der Waals surface area contributed by atoms with Crippen LogP contribution in [0.4, 0.5) is 0 Å². The molecule has 0 aliphatic carbocycles. The van der Waals surface area contributed by atoms with Gasteiger partial charge in [0.05, 0.1) is 0 Å². The molecule has 8 heavy (non-hydrogen) atoms. The van der Waals surface area contributed by atoms with E-state index in [1.165, 1.54) is 12.2 Å². The number of thioether (sulfide) groups is 2. The van der Waals surface area contributed by atoms with Crippen molar-refractivity contribution in [3.05, 3.63) is 12.0 Å². The summed E-state index contributed by atoms with van der Waals surface area (Å²) in [6.45, 7) is 5.81. The van der Waals surface area contributed by atoms with Crippen molar-refractivity contribution in [3.63, 3.8) is 0 Å². The Balaban J connectivity index is 2.62. The fourth-order valence-corrected chi connectivity index (χ4v) is 1.83. The quantitative estimate of drug-likeness (QED) is 0.434. The molecular weight excluding hydrogens is 136 g/mol. The first kappa shape index (κ1) is 8.44. The van der Waals surface area contributed by atoms with Gasteiger partial charge in [0.15, 0.2) is 0 Å². The van der Waals surface area contributed by atoms with Crippen LogP contribution in [0.2, 0.25) is 0 Å².